The van der Waals surface area contributed by atoms with Crippen LogP contribution in [0.3, 0.4) is 0 Å². The van der Waals surface area contributed by atoms with Gasteiger partial charge < -0.3 is 56.8 Å². The third kappa shape index (κ3) is 12.7. The number of benzene rings is 3. The number of carbonyl (C=O) groups excluding carboxylic acids is 2. The molecule has 438 valence electrons. The summed E-state index contributed by atoms with van der Waals surface area (Å²) in [6.45, 7) is 2.26. The summed E-state index contributed by atoms with van der Waals surface area (Å²) in [7, 11) is -2.14. The number of phosphoric ester groups is 1. The quantitative estimate of drug-likeness (QED) is 0.0387. The predicted octanol–water partition coefficient (Wildman–Crippen LogP) is 3.45. The topological polar surface area (TPSA) is 323 Å². The van der Waals surface area contributed by atoms with Gasteiger partial charge in [-0.25, -0.2) is 23.7 Å². The minimum Gasteiger partial charge on any atom is -0.497 e. The molecule has 4 unspecified atom stereocenters. The average Bonchev–Trinajstić information content (AvgIpc) is 4.35. The largest absolute Gasteiger partial charge is 0.497 e. The van der Waals surface area contributed by atoms with Crippen LogP contribution in [0.15, 0.2) is 123 Å². The van der Waals surface area contributed by atoms with Gasteiger partial charge in [0.15, 0.2) is 30.5 Å². The van der Waals surface area contributed by atoms with Crippen molar-refractivity contribution in [1.82, 2.24) is 19.1 Å². The fourth-order valence-corrected chi connectivity index (χ4v) is 11.3. The highest BCUT2D eigenvalue weighted by Gasteiger charge is 2.59. The number of nitriles is 1. The lowest BCUT2D eigenvalue weighted by Crippen LogP contribution is -2.44. The standard InChI is InChI=1S/C54H60N5O22P/c1-7-69-48(62)44-45(49(63)70-8-2)78-52(77-44)76-42-41(81-82(66,72-28-12-25-55)73-30-37-40-43(80-53(3,4)79-40)47(75-37)59-27-24-39(61)57-51(59)65)36(74-46(42)58-26-23-38(60)56-50(58)64)29-71-54(31-13-10-9-11-14-31,32-15-19-34(67-5)20-16-32)33-17-21-35(68-6)22-18-33/h9-11,13-24,26-27,36-37,40-47,52H,7-8,12,28-30H2,1-6H3,(H,56,60,64)(H,57,61,65)/t36-,37?,40-,41-,42-,43-,44?,45?,46-,47-,52?,82?/m0/s1. The van der Waals surface area contributed by atoms with Crippen molar-refractivity contribution in [3.05, 3.63) is 162 Å². The van der Waals surface area contributed by atoms with Crippen molar-refractivity contribution in [2.75, 3.05) is 47.3 Å². The molecule has 3 aromatic carbocycles. The van der Waals surface area contributed by atoms with Crippen molar-refractivity contribution in [2.45, 2.75) is 113 Å². The monoisotopic (exact) mass is 1160 g/mol. The Labute approximate surface area is 467 Å². The summed E-state index contributed by atoms with van der Waals surface area (Å²) in [6, 6.07) is 27.3. The van der Waals surface area contributed by atoms with E-state index in [2.05, 4.69) is 9.97 Å². The molecule has 4 aliphatic rings. The van der Waals surface area contributed by atoms with Crippen molar-refractivity contribution in [3.8, 4) is 17.6 Å². The van der Waals surface area contributed by atoms with Crippen LogP contribution in [0.2, 0.25) is 0 Å². The van der Waals surface area contributed by atoms with Crippen LogP contribution in [-0.2, 0) is 80.7 Å². The predicted molar refractivity (Wildman–Crippen MR) is 279 cm³/mol. The molecule has 2 aromatic heterocycles. The SMILES string of the molecule is CCOC(=O)C1OC(O[C@H]2[C@@H](OP(=O)(OCCC#N)OCC3O[C@H](n4ccc(=O)[nH]c4=O)[C@H]4OC(C)(C)O[C@@H]34)[C@H](COC(c3ccccc3)(c3ccc(OC)cc3)c3ccc(OC)cc3)O[C@@H]2n2ccc(=O)[nH]c2=O)OC1C(=O)OCC. The van der Waals surface area contributed by atoms with E-state index in [1.54, 1.807) is 62.4 Å². The van der Waals surface area contributed by atoms with Crippen molar-refractivity contribution in [2.24, 2.45) is 0 Å². The lowest BCUT2D eigenvalue weighted by Gasteiger charge is -2.37. The summed E-state index contributed by atoms with van der Waals surface area (Å²) in [6.07, 6.45) is -12.9. The highest BCUT2D eigenvalue weighted by Crippen LogP contribution is 2.55. The molecule has 0 radical (unpaired) electrons. The lowest BCUT2D eigenvalue weighted by atomic mass is 9.80. The Bertz CT molecular complexity index is 3290. The maximum Gasteiger partial charge on any atom is 0.475 e. The van der Waals surface area contributed by atoms with Gasteiger partial charge in [-0.3, -0.25) is 42.3 Å². The molecule has 2 N–H and O–H groups in total. The zero-order valence-corrected chi connectivity index (χ0v) is 46.1. The summed E-state index contributed by atoms with van der Waals surface area (Å²) >= 11 is 0. The first-order valence-electron chi connectivity index (χ1n) is 26.0. The van der Waals surface area contributed by atoms with Gasteiger partial charge in [0.25, 0.3) is 17.6 Å². The summed E-state index contributed by atoms with van der Waals surface area (Å²) in [5.74, 6) is -2.24. The molecule has 0 aliphatic carbocycles. The molecule has 4 fully saturated rings. The van der Waals surface area contributed by atoms with Crippen LogP contribution >= 0.6 is 7.82 Å². The van der Waals surface area contributed by atoms with E-state index in [1.807, 2.05) is 36.4 Å². The normalized spacial score (nSPS) is 26.3. The van der Waals surface area contributed by atoms with Crippen LogP contribution in [0.1, 0.15) is 63.3 Å². The van der Waals surface area contributed by atoms with E-state index in [4.69, 9.17) is 70.4 Å². The number of nitrogens with one attached hydrogen (secondary N) is 2. The second-order valence-corrected chi connectivity index (χ2v) is 20.7. The number of nitrogens with zero attached hydrogens (tertiary/aromatic N) is 3. The van der Waals surface area contributed by atoms with Crippen LogP contribution in [0, 0.1) is 11.3 Å². The number of ether oxygens (including phenoxy) is 12. The third-order valence-electron chi connectivity index (χ3n) is 13.5. The van der Waals surface area contributed by atoms with E-state index >= 15 is 4.57 Å². The smallest absolute Gasteiger partial charge is 0.475 e. The van der Waals surface area contributed by atoms with Crippen molar-refractivity contribution < 1.29 is 84.6 Å². The first-order chi connectivity index (χ1) is 39.4. The van der Waals surface area contributed by atoms with Gasteiger partial charge in [0.1, 0.15) is 53.7 Å². The van der Waals surface area contributed by atoms with Gasteiger partial charge in [-0.05, 0) is 68.7 Å². The molecule has 11 atom stereocenters. The Hall–Kier alpha value is -7.16. The van der Waals surface area contributed by atoms with Crippen LogP contribution in [0.5, 0.6) is 11.5 Å². The molecule has 4 aliphatic heterocycles. The Morgan fingerprint density at radius 3 is 1.72 bits per heavy atom. The Kier molecular flexibility index (Phi) is 18.5. The van der Waals surface area contributed by atoms with E-state index in [1.165, 1.54) is 34.3 Å². The van der Waals surface area contributed by atoms with Crippen LogP contribution in [-0.4, -0.2) is 139 Å². The number of hydrogen-bond acceptors (Lipinski definition) is 23. The summed E-state index contributed by atoms with van der Waals surface area (Å²) < 4.78 is 109. The van der Waals surface area contributed by atoms with Gasteiger partial charge in [-0.15, -0.1) is 0 Å². The first-order valence-corrected chi connectivity index (χ1v) is 27.4. The lowest BCUT2D eigenvalue weighted by molar-refractivity contribution is -0.280. The number of fused-ring (bicyclic) bond motifs is 1. The second kappa shape index (κ2) is 25.5. The molecule has 0 bridgehead atoms. The Morgan fingerprint density at radius 2 is 1.20 bits per heavy atom. The number of methoxy groups -OCH3 is 2. The second-order valence-electron chi connectivity index (χ2n) is 19.1. The average molecular weight is 1160 g/mol. The van der Waals surface area contributed by atoms with E-state index in [0.717, 1.165) is 27.5 Å². The minimum atomic E-state index is -5.18. The van der Waals surface area contributed by atoms with Crippen molar-refractivity contribution in [3.63, 3.8) is 0 Å². The number of aromatic amines is 2. The van der Waals surface area contributed by atoms with Gasteiger partial charge in [-0.2, -0.15) is 5.26 Å². The minimum absolute atomic E-state index is 0.125. The zero-order valence-electron chi connectivity index (χ0n) is 45.2. The maximum atomic E-state index is 15.7. The number of rotatable bonds is 24. The van der Waals surface area contributed by atoms with E-state index in [9.17, 15) is 34.0 Å². The fourth-order valence-electron chi connectivity index (χ4n) is 9.92. The first kappa shape index (κ1) is 59.5. The van der Waals surface area contributed by atoms with Crippen LogP contribution in [0.4, 0.5) is 0 Å². The van der Waals surface area contributed by atoms with E-state index in [-0.39, 0.29) is 19.6 Å². The molecule has 27 nitrogen and oxygen atoms in total. The van der Waals surface area contributed by atoms with Crippen LogP contribution in [0.25, 0.3) is 0 Å². The van der Waals surface area contributed by atoms with E-state index < -0.39 is 141 Å². The number of esters is 2. The molecule has 82 heavy (non-hydrogen) atoms. The Morgan fingerprint density at radius 1 is 0.671 bits per heavy atom. The number of aromatic nitrogens is 4. The van der Waals surface area contributed by atoms with Gasteiger partial charge in [0, 0.05) is 24.5 Å². The molecule has 9 rings (SSSR count). The number of phosphoric acid groups is 1. The molecular formula is C54H60N5O22P. The van der Waals surface area contributed by atoms with Gasteiger partial charge in [0.05, 0.1) is 59.7 Å². The summed E-state index contributed by atoms with van der Waals surface area (Å²) in [5.41, 5.74) is -3.15. The zero-order chi connectivity index (χ0) is 58.3. The van der Waals surface area contributed by atoms with E-state index in [0.29, 0.717) is 28.2 Å². The van der Waals surface area contributed by atoms with Gasteiger partial charge in [0.2, 0.25) is 0 Å². The highest BCUT2D eigenvalue weighted by atomic mass is 31.2. The molecule has 0 amide bonds. The Balaban J connectivity index is 1.16. The number of H-pyrrole nitrogens is 2. The van der Waals surface area contributed by atoms with Crippen molar-refractivity contribution >= 4 is 19.8 Å². The molecule has 0 spiro atoms. The van der Waals surface area contributed by atoms with Crippen molar-refractivity contribution in [1.29, 1.82) is 5.26 Å². The highest BCUT2D eigenvalue weighted by molar-refractivity contribution is 7.48. The summed E-state index contributed by atoms with van der Waals surface area (Å²) in [4.78, 5) is 82.8. The molecule has 0 saturated carbocycles. The molecule has 4 saturated heterocycles. The summed E-state index contributed by atoms with van der Waals surface area (Å²) in [5, 5.41) is 9.68. The number of hydrogen-bond donors (Lipinski definition) is 2. The molecule has 28 heteroatoms. The maximum absolute atomic E-state index is 15.7. The van der Waals surface area contributed by atoms with Crippen LogP contribution < -0.4 is 32.0 Å². The molecule has 6 heterocycles. The molecule has 5 aromatic rings. The third-order valence-corrected chi connectivity index (χ3v) is 15.0. The molecular weight excluding hydrogens is 1100 g/mol. The van der Waals surface area contributed by atoms with Gasteiger partial charge >= 0.3 is 31.1 Å². The fraction of sp³-hybridized carbons (Fsp3) is 0.463. The van der Waals surface area contributed by atoms with Gasteiger partial charge in [-0.1, -0.05) is 54.6 Å². The number of carbonyl (C=O) groups is 2.